The first-order chi connectivity index (χ1) is 10.5. The van der Waals surface area contributed by atoms with E-state index >= 15 is 0 Å². The minimum atomic E-state index is -0.791. The van der Waals surface area contributed by atoms with E-state index in [2.05, 4.69) is 29.8 Å². The van der Waals surface area contributed by atoms with Gasteiger partial charge in [0, 0.05) is 17.6 Å². The van der Waals surface area contributed by atoms with Gasteiger partial charge in [0.25, 0.3) is 0 Å². The Hall–Kier alpha value is -1.23. The third-order valence-electron chi connectivity index (χ3n) is 4.28. The van der Waals surface area contributed by atoms with Crippen LogP contribution in [0.5, 0.6) is 5.75 Å². The number of amides is 1. The van der Waals surface area contributed by atoms with Crippen molar-refractivity contribution in [2.45, 2.75) is 33.1 Å². The highest BCUT2D eigenvalue weighted by Crippen LogP contribution is 2.26. The summed E-state index contributed by atoms with van der Waals surface area (Å²) in [6, 6.07) is 6.04. The molecule has 0 unspecified atom stereocenters. The van der Waals surface area contributed by atoms with Crippen molar-refractivity contribution in [1.82, 2.24) is 4.90 Å². The fraction of sp³-hybridized carbons (Fsp3) is 0.588. The molecule has 4 nitrogen and oxygen atoms in total. The predicted octanol–water partition coefficient (Wildman–Crippen LogP) is 4.55. The fourth-order valence-corrected chi connectivity index (χ4v) is 3.19. The molecule has 1 aliphatic rings. The molecule has 0 radical (unpaired) electrons. The van der Waals surface area contributed by atoms with Gasteiger partial charge in [-0.3, -0.25) is 0 Å². The molecule has 0 saturated carbocycles. The molecule has 1 atom stereocenters. The summed E-state index contributed by atoms with van der Waals surface area (Å²) in [7, 11) is 0. The Morgan fingerprint density at radius 2 is 2.14 bits per heavy atom. The molecule has 0 spiro atoms. The normalized spacial score (nSPS) is 17.3. The minimum Gasteiger partial charge on any atom is -0.493 e. The minimum absolute atomic E-state index is 0.477. The number of nitrogens with zero attached hydrogens (tertiary/aromatic N) is 1. The van der Waals surface area contributed by atoms with Crippen LogP contribution in [-0.2, 0) is 0 Å². The predicted molar refractivity (Wildman–Crippen MR) is 90.5 cm³/mol. The summed E-state index contributed by atoms with van der Waals surface area (Å²) in [6.45, 7) is 6.30. The lowest BCUT2D eigenvalue weighted by molar-refractivity contribution is 0.117. The van der Waals surface area contributed by atoms with Crippen LogP contribution in [0.4, 0.5) is 4.79 Å². The molecule has 1 heterocycles. The van der Waals surface area contributed by atoms with Crippen LogP contribution < -0.4 is 4.74 Å². The van der Waals surface area contributed by atoms with Crippen molar-refractivity contribution in [2.24, 2.45) is 11.8 Å². The number of likely N-dealkylation sites (tertiary alicyclic amines) is 1. The summed E-state index contributed by atoms with van der Waals surface area (Å²) in [5.41, 5.74) is 1.17. The van der Waals surface area contributed by atoms with E-state index in [4.69, 9.17) is 9.84 Å². The van der Waals surface area contributed by atoms with Gasteiger partial charge < -0.3 is 14.7 Å². The molecule has 2 rings (SSSR count). The Morgan fingerprint density at radius 1 is 1.45 bits per heavy atom. The highest BCUT2D eigenvalue weighted by molar-refractivity contribution is 9.10. The molecule has 1 aromatic rings. The number of benzene rings is 1. The van der Waals surface area contributed by atoms with E-state index in [1.54, 1.807) is 0 Å². The zero-order chi connectivity index (χ0) is 16.1. The molecule has 1 saturated heterocycles. The molecule has 0 aromatic heterocycles. The quantitative estimate of drug-likeness (QED) is 0.827. The SMILES string of the molecule is Cc1cc(OC[C@H](C)CC2CCN(C(=O)O)CC2)ccc1Br. The Morgan fingerprint density at radius 3 is 2.73 bits per heavy atom. The second-order valence-electron chi connectivity index (χ2n) is 6.28. The van der Waals surface area contributed by atoms with Crippen molar-refractivity contribution < 1.29 is 14.6 Å². The first-order valence-corrected chi connectivity index (χ1v) is 8.62. The number of ether oxygens (including phenoxy) is 1. The van der Waals surface area contributed by atoms with Crippen LogP contribution in [0, 0.1) is 18.8 Å². The van der Waals surface area contributed by atoms with Gasteiger partial charge in [-0.1, -0.05) is 22.9 Å². The number of piperidine rings is 1. The number of hydrogen-bond donors (Lipinski definition) is 1. The van der Waals surface area contributed by atoms with Crippen molar-refractivity contribution in [3.05, 3.63) is 28.2 Å². The van der Waals surface area contributed by atoms with Gasteiger partial charge in [-0.15, -0.1) is 0 Å². The Bertz CT molecular complexity index is 513. The highest BCUT2D eigenvalue weighted by atomic mass is 79.9. The largest absolute Gasteiger partial charge is 0.493 e. The summed E-state index contributed by atoms with van der Waals surface area (Å²) >= 11 is 3.49. The van der Waals surface area contributed by atoms with E-state index in [0.29, 0.717) is 31.5 Å². The van der Waals surface area contributed by atoms with Crippen LogP contribution in [0.1, 0.15) is 31.7 Å². The molecule has 0 aliphatic carbocycles. The summed E-state index contributed by atoms with van der Waals surface area (Å²) in [6.07, 6.45) is 2.24. The average Bonchev–Trinajstić information content (AvgIpc) is 2.49. The van der Waals surface area contributed by atoms with Gasteiger partial charge in [0.15, 0.2) is 0 Å². The van der Waals surface area contributed by atoms with Gasteiger partial charge in [0.2, 0.25) is 0 Å². The van der Waals surface area contributed by atoms with E-state index in [1.807, 2.05) is 18.2 Å². The van der Waals surface area contributed by atoms with Crippen LogP contribution in [0.25, 0.3) is 0 Å². The van der Waals surface area contributed by atoms with Crippen LogP contribution in [0.15, 0.2) is 22.7 Å². The lowest BCUT2D eigenvalue weighted by atomic mass is 9.88. The van der Waals surface area contributed by atoms with Gasteiger partial charge in [0.05, 0.1) is 6.61 Å². The van der Waals surface area contributed by atoms with E-state index in [9.17, 15) is 4.79 Å². The van der Waals surface area contributed by atoms with E-state index < -0.39 is 6.09 Å². The highest BCUT2D eigenvalue weighted by Gasteiger charge is 2.23. The van der Waals surface area contributed by atoms with Crippen molar-refractivity contribution in [3.63, 3.8) is 0 Å². The third-order valence-corrected chi connectivity index (χ3v) is 5.17. The maximum absolute atomic E-state index is 10.9. The summed E-state index contributed by atoms with van der Waals surface area (Å²) in [5.74, 6) is 2.00. The van der Waals surface area contributed by atoms with Gasteiger partial charge in [-0.25, -0.2) is 4.79 Å². The molecular formula is C17H24BrNO3. The van der Waals surface area contributed by atoms with Gasteiger partial charge in [-0.2, -0.15) is 0 Å². The summed E-state index contributed by atoms with van der Waals surface area (Å²) < 4.78 is 6.97. The van der Waals surface area contributed by atoms with E-state index in [1.165, 1.54) is 10.5 Å². The third kappa shape index (κ3) is 4.90. The monoisotopic (exact) mass is 369 g/mol. The summed E-state index contributed by atoms with van der Waals surface area (Å²) in [4.78, 5) is 12.4. The van der Waals surface area contributed by atoms with Gasteiger partial charge >= 0.3 is 6.09 Å². The first kappa shape index (κ1) is 17.1. The molecule has 1 aliphatic heterocycles. The molecule has 1 amide bonds. The van der Waals surface area contributed by atoms with Crippen molar-refractivity contribution in [1.29, 1.82) is 0 Å². The molecule has 0 bridgehead atoms. The Labute approximate surface area is 140 Å². The standard InChI is InChI=1S/C17H24BrNO3/c1-12(9-14-5-7-19(8-6-14)17(20)21)11-22-15-3-4-16(18)13(2)10-15/h3-4,10,12,14H,5-9,11H2,1-2H3,(H,20,21)/t12-/m1/s1. The van der Waals surface area contributed by atoms with Gasteiger partial charge in [-0.05, 0) is 61.8 Å². The Kier molecular flexibility index (Phi) is 6.12. The number of halogens is 1. The van der Waals surface area contributed by atoms with E-state index in [-0.39, 0.29) is 0 Å². The maximum atomic E-state index is 10.9. The molecule has 5 heteroatoms. The second kappa shape index (κ2) is 7.86. The van der Waals surface area contributed by atoms with E-state index in [0.717, 1.165) is 29.5 Å². The number of carbonyl (C=O) groups is 1. The Balaban J connectivity index is 1.73. The molecule has 1 fully saturated rings. The zero-order valence-corrected chi connectivity index (χ0v) is 14.8. The molecule has 122 valence electrons. The van der Waals surface area contributed by atoms with Crippen molar-refractivity contribution in [2.75, 3.05) is 19.7 Å². The number of hydrogen-bond acceptors (Lipinski definition) is 2. The molecule has 1 aromatic carbocycles. The topological polar surface area (TPSA) is 49.8 Å². The maximum Gasteiger partial charge on any atom is 0.407 e. The van der Waals surface area contributed by atoms with Crippen LogP contribution >= 0.6 is 15.9 Å². The summed E-state index contributed by atoms with van der Waals surface area (Å²) in [5, 5.41) is 8.96. The van der Waals surface area contributed by atoms with Crippen LogP contribution in [-0.4, -0.2) is 35.8 Å². The molecule has 1 N–H and O–H groups in total. The van der Waals surface area contributed by atoms with Gasteiger partial charge in [0.1, 0.15) is 5.75 Å². The fourth-order valence-electron chi connectivity index (χ4n) is 2.94. The smallest absolute Gasteiger partial charge is 0.407 e. The lowest BCUT2D eigenvalue weighted by Gasteiger charge is -2.31. The lowest BCUT2D eigenvalue weighted by Crippen LogP contribution is -2.37. The van der Waals surface area contributed by atoms with Crippen molar-refractivity contribution >= 4 is 22.0 Å². The van der Waals surface area contributed by atoms with Crippen molar-refractivity contribution in [3.8, 4) is 5.75 Å². The number of rotatable bonds is 5. The number of carboxylic acid groups (broad SMARTS) is 1. The first-order valence-electron chi connectivity index (χ1n) is 7.82. The molecular weight excluding hydrogens is 346 g/mol. The second-order valence-corrected chi connectivity index (χ2v) is 7.13. The molecule has 22 heavy (non-hydrogen) atoms. The zero-order valence-electron chi connectivity index (χ0n) is 13.2. The number of aryl methyl sites for hydroxylation is 1. The van der Waals surface area contributed by atoms with Crippen LogP contribution in [0.3, 0.4) is 0 Å². The van der Waals surface area contributed by atoms with Crippen LogP contribution in [0.2, 0.25) is 0 Å². The average molecular weight is 370 g/mol.